The minimum Gasteiger partial charge on any atom is -0.386 e. The maximum absolute atomic E-state index is 14.1. The van der Waals surface area contributed by atoms with E-state index in [1.54, 1.807) is 24.0 Å². The molecule has 0 saturated heterocycles. The van der Waals surface area contributed by atoms with Gasteiger partial charge in [0.2, 0.25) is 0 Å². The molecule has 1 amide bonds. The van der Waals surface area contributed by atoms with Gasteiger partial charge >= 0.3 is 0 Å². The van der Waals surface area contributed by atoms with Crippen LogP contribution in [-0.4, -0.2) is 32.2 Å². The van der Waals surface area contributed by atoms with Crippen molar-refractivity contribution in [2.45, 2.75) is 39.0 Å². The van der Waals surface area contributed by atoms with Crippen LogP contribution >= 0.6 is 0 Å². The minimum absolute atomic E-state index is 0.104. The number of hydrogen-bond acceptors (Lipinski definition) is 3. The highest BCUT2D eigenvalue weighted by Gasteiger charge is 2.34. The molecule has 1 saturated carbocycles. The summed E-state index contributed by atoms with van der Waals surface area (Å²) in [6, 6.07) is 6.54. The van der Waals surface area contributed by atoms with Crippen LogP contribution in [0, 0.1) is 18.7 Å². The van der Waals surface area contributed by atoms with Gasteiger partial charge in [-0.2, -0.15) is 5.10 Å². The number of aliphatic hydroxyl groups excluding tert-OH is 1. The lowest BCUT2D eigenvalue weighted by Gasteiger charge is -2.27. The van der Waals surface area contributed by atoms with Gasteiger partial charge < -0.3 is 10.0 Å². The van der Waals surface area contributed by atoms with Gasteiger partial charge in [-0.25, -0.2) is 4.39 Å². The van der Waals surface area contributed by atoms with Crippen LogP contribution in [0.3, 0.4) is 0 Å². The Kier molecular flexibility index (Phi) is 3.64. The van der Waals surface area contributed by atoms with Crippen LogP contribution in [0.15, 0.2) is 24.3 Å². The summed E-state index contributed by atoms with van der Waals surface area (Å²) in [5.74, 6) is -0.463. The molecule has 0 bridgehead atoms. The second-order valence-electron chi connectivity index (χ2n) is 6.78. The number of fused-ring (bicyclic) bond motifs is 1. The lowest BCUT2D eigenvalue weighted by Crippen LogP contribution is -2.38. The van der Waals surface area contributed by atoms with Crippen LogP contribution in [0.5, 0.6) is 0 Å². The van der Waals surface area contributed by atoms with Crippen molar-refractivity contribution in [1.82, 2.24) is 14.7 Å². The summed E-state index contributed by atoms with van der Waals surface area (Å²) >= 11 is 0. The zero-order valence-corrected chi connectivity index (χ0v) is 13.6. The Hall–Kier alpha value is -2.21. The number of hydrogen-bond donors (Lipinski definition) is 1. The molecule has 2 aliphatic rings. The third kappa shape index (κ3) is 2.71. The predicted molar refractivity (Wildman–Crippen MR) is 85.8 cm³/mol. The van der Waals surface area contributed by atoms with E-state index in [1.807, 2.05) is 10.7 Å². The van der Waals surface area contributed by atoms with Gasteiger partial charge in [-0.15, -0.1) is 0 Å². The molecule has 5 nitrogen and oxygen atoms in total. The number of carbonyl (C=O) groups excluding carboxylic acids is 1. The fraction of sp³-hybridized carbons (Fsp3) is 0.444. The summed E-state index contributed by atoms with van der Waals surface area (Å²) in [6.07, 6.45) is 1.57. The number of aryl methyl sites for hydroxylation is 1. The van der Waals surface area contributed by atoms with Crippen LogP contribution in [0.1, 0.15) is 46.3 Å². The highest BCUT2D eigenvalue weighted by Crippen LogP contribution is 2.40. The molecule has 0 unspecified atom stereocenters. The number of rotatable bonds is 3. The first-order valence-corrected chi connectivity index (χ1v) is 8.33. The third-order valence-electron chi connectivity index (χ3n) is 4.83. The average molecular weight is 329 g/mol. The van der Waals surface area contributed by atoms with Gasteiger partial charge in [0.05, 0.1) is 30.0 Å². The van der Waals surface area contributed by atoms with Crippen molar-refractivity contribution < 1.29 is 14.3 Å². The Morgan fingerprint density at radius 3 is 2.83 bits per heavy atom. The first-order valence-electron chi connectivity index (χ1n) is 8.33. The van der Waals surface area contributed by atoms with Crippen molar-refractivity contribution in [3.05, 3.63) is 52.6 Å². The molecule has 126 valence electrons. The molecular formula is C18H20FN3O2. The topological polar surface area (TPSA) is 58.4 Å². The quantitative estimate of drug-likeness (QED) is 0.941. The van der Waals surface area contributed by atoms with Gasteiger partial charge in [0, 0.05) is 6.54 Å². The lowest BCUT2D eigenvalue weighted by molar-refractivity contribution is 0.0700. The van der Waals surface area contributed by atoms with Gasteiger partial charge in [0.15, 0.2) is 0 Å². The summed E-state index contributed by atoms with van der Waals surface area (Å²) in [7, 11) is 0. The van der Waals surface area contributed by atoms with Crippen LogP contribution in [-0.2, 0) is 13.1 Å². The highest BCUT2D eigenvalue weighted by molar-refractivity contribution is 5.94. The van der Waals surface area contributed by atoms with Crippen molar-refractivity contribution in [2.75, 3.05) is 6.54 Å². The summed E-state index contributed by atoms with van der Waals surface area (Å²) < 4.78 is 15.9. The number of halogens is 1. The maximum atomic E-state index is 14.1. The number of aromatic nitrogens is 2. The molecule has 1 aliphatic heterocycles. The van der Waals surface area contributed by atoms with Gasteiger partial charge in [-0.1, -0.05) is 6.07 Å². The number of carbonyl (C=O) groups is 1. The zero-order valence-electron chi connectivity index (χ0n) is 13.6. The van der Waals surface area contributed by atoms with E-state index in [0.29, 0.717) is 31.2 Å². The average Bonchev–Trinajstić information content (AvgIpc) is 3.32. The Labute approximate surface area is 139 Å². The Morgan fingerprint density at radius 2 is 2.12 bits per heavy atom. The fourth-order valence-electron chi connectivity index (χ4n) is 3.22. The van der Waals surface area contributed by atoms with Gasteiger partial charge in [-0.3, -0.25) is 9.48 Å². The molecule has 1 fully saturated rings. The van der Waals surface area contributed by atoms with Crippen molar-refractivity contribution in [2.24, 2.45) is 5.92 Å². The van der Waals surface area contributed by atoms with Crippen molar-refractivity contribution >= 4 is 5.91 Å². The van der Waals surface area contributed by atoms with Gasteiger partial charge in [0.25, 0.3) is 5.91 Å². The van der Waals surface area contributed by atoms with E-state index in [1.165, 1.54) is 6.07 Å². The number of nitrogens with zero attached hydrogens (tertiary/aromatic N) is 3. The van der Waals surface area contributed by atoms with Crippen LogP contribution in [0.25, 0.3) is 0 Å². The van der Waals surface area contributed by atoms with E-state index in [-0.39, 0.29) is 11.5 Å². The summed E-state index contributed by atoms with van der Waals surface area (Å²) in [5.41, 5.74) is 2.46. The molecule has 2 heterocycles. The summed E-state index contributed by atoms with van der Waals surface area (Å²) in [6.45, 7) is 3.23. The standard InChI is InChI=1S/C18H20FN3O2/c1-11-2-5-14(15(19)8-11)18(24)21-6-7-22-13(10-21)9-16(20-22)17(23)12-3-4-12/h2,5,8-9,12,17,23H,3-4,6-7,10H2,1H3/t17-/m1/s1. The van der Waals surface area contributed by atoms with E-state index >= 15 is 0 Å². The summed E-state index contributed by atoms with van der Waals surface area (Å²) in [5, 5.41) is 14.7. The first-order chi connectivity index (χ1) is 11.5. The summed E-state index contributed by atoms with van der Waals surface area (Å²) in [4.78, 5) is 14.2. The molecule has 4 rings (SSSR count). The second-order valence-corrected chi connectivity index (χ2v) is 6.78. The smallest absolute Gasteiger partial charge is 0.257 e. The monoisotopic (exact) mass is 329 g/mol. The normalized spacial score (nSPS) is 18.4. The third-order valence-corrected chi connectivity index (χ3v) is 4.83. The maximum Gasteiger partial charge on any atom is 0.257 e. The lowest BCUT2D eigenvalue weighted by atomic mass is 10.1. The molecule has 1 N–H and O–H groups in total. The fourth-order valence-corrected chi connectivity index (χ4v) is 3.22. The molecule has 1 aromatic heterocycles. The first kappa shape index (κ1) is 15.3. The molecule has 6 heteroatoms. The predicted octanol–water partition coefficient (Wildman–Crippen LogP) is 2.43. The molecule has 1 aliphatic carbocycles. The van der Waals surface area contributed by atoms with Gasteiger partial charge in [0.1, 0.15) is 11.9 Å². The number of amides is 1. The Bertz CT molecular complexity index is 798. The zero-order chi connectivity index (χ0) is 16.8. The molecular weight excluding hydrogens is 309 g/mol. The van der Waals surface area contributed by atoms with E-state index in [0.717, 1.165) is 24.1 Å². The van der Waals surface area contributed by atoms with Gasteiger partial charge in [-0.05, 0) is 49.4 Å². The molecule has 2 aromatic rings. The van der Waals surface area contributed by atoms with Crippen LogP contribution < -0.4 is 0 Å². The van der Waals surface area contributed by atoms with Crippen LogP contribution in [0.2, 0.25) is 0 Å². The van der Waals surface area contributed by atoms with Crippen molar-refractivity contribution in [3.8, 4) is 0 Å². The SMILES string of the molecule is Cc1ccc(C(=O)N2CCn3nc([C@H](O)C4CC4)cc3C2)c(F)c1. The number of aliphatic hydroxyl groups is 1. The van der Waals surface area contributed by atoms with Crippen LogP contribution in [0.4, 0.5) is 4.39 Å². The van der Waals surface area contributed by atoms with E-state index in [2.05, 4.69) is 5.10 Å². The number of benzene rings is 1. The van der Waals surface area contributed by atoms with Crippen molar-refractivity contribution in [1.29, 1.82) is 0 Å². The molecule has 1 aromatic carbocycles. The second kappa shape index (κ2) is 5.70. The molecule has 24 heavy (non-hydrogen) atoms. The van der Waals surface area contributed by atoms with Crippen molar-refractivity contribution in [3.63, 3.8) is 0 Å². The minimum atomic E-state index is -0.512. The largest absolute Gasteiger partial charge is 0.386 e. The highest BCUT2D eigenvalue weighted by atomic mass is 19.1. The molecule has 1 atom stereocenters. The Balaban J connectivity index is 1.54. The van der Waals surface area contributed by atoms with E-state index in [9.17, 15) is 14.3 Å². The molecule has 0 spiro atoms. The Morgan fingerprint density at radius 1 is 1.33 bits per heavy atom. The van der Waals surface area contributed by atoms with E-state index in [4.69, 9.17) is 0 Å². The molecule has 0 radical (unpaired) electrons. The van der Waals surface area contributed by atoms with E-state index < -0.39 is 11.9 Å².